The molecule has 1 aliphatic rings. The fraction of sp³-hybridized carbons (Fsp3) is 0.300. The minimum Gasteiger partial charge on any atom is -0.326 e. The third-order valence-corrected chi connectivity index (χ3v) is 5.09. The summed E-state index contributed by atoms with van der Waals surface area (Å²) in [7, 11) is 0. The van der Waals surface area contributed by atoms with E-state index in [-0.39, 0.29) is 17.5 Å². The van der Waals surface area contributed by atoms with Crippen LogP contribution >= 0.6 is 0 Å². The van der Waals surface area contributed by atoms with E-state index in [0.717, 1.165) is 36.0 Å². The zero-order chi connectivity index (χ0) is 19.5. The lowest BCUT2D eigenvalue weighted by Crippen LogP contribution is -2.41. The molecule has 1 N–H and O–H groups in total. The lowest BCUT2D eigenvalue weighted by atomic mass is 9.97. The van der Waals surface area contributed by atoms with Gasteiger partial charge in [0.1, 0.15) is 0 Å². The number of aromatic nitrogens is 2. The molecule has 1 fully saturated rings. The van der Waals surface area contributed by atoms with Gasteiger partial charge in [-0.05, 0) is 37.6 Å². The van der Waals surface area contributed by atoms with E-state index < -0.39 is 4.92 Å². The summed E-state index contributed by atoms with van der Waals surface area (Å²) in [5.74, 6) is -0.0676. The highest BCUT2D eigenvalue weighted by Gasteiger charge is 2.26. The normalized spacial score (nSPS) is 17.5. The minimum atomic E-state index is -0.401. The summed E-state index contributed by atoms with van der Waals surface area (Å²) >= 11 is 0. The molecule has 1 saturated heterocycles. The van der Waals surface area contributed by atoms with Crippen molar-refractivity contribution in [3.8, 4) is 0 Å². The molecule has 1 atom stereocenters. The first-order valence-electron chi connectivity index (χ1n) is 9.28. The van der Waals surface area contributed by atoms with Crippen LogP contribution in [0.25, 0.3) is 10.9 Å². The topological polar surface area (TPSA) is 93.3 Å². The quantitative estimate of drug-likeness (QED) is 0.542. The first-order chi connectivity index (χ1) is 13.6. The van der Waals surface area contributed by atoms with Crippen molar-refractivity contribution in [1.29, 1.82) is 0 Å². The molecule has 28 heavy (non-hydrogen) atoms. The van der Waals surface area contributed by atoms with Gasteiger partial charge in [-0.15, -0.1) is 0 Å². The van der Waals surface area contributed by atoms with Crippen LogP contribution in [-0.4, -0.2) is 38.6 Å². The molecule has 0 unspecified atom stereocenters. The number of carbonyl (C=O) groups excluding carboxylic acids is 1. The van der Waals surface area contributed by atoms with Gasteiger partial charge in [-0.3, -0.25) is 24.5 Å². The van der Waals surface area contributed by atoms with E-state index in [1.165, 1.54) is 6.07 Å². The average molecular weight is 379 g/mol. The summed E-state index contributed by atoms with van der Waals surface area (Å²) in [6.07, 6.45) is 3.48. The van der Waals surface area contributed by atoms with Crippen molar-refractivity contribution >= 4 is 28.2 Å². The fourth-order valence-electron chi connectivity index (χ4n) is 3.64. The molecule has 3 aromatic rings. The van der Waals surface area contributed by atoms with E-state index >= 15 is 0 Å². The molecule has 1 aromatic heterocycles. The maximum absolute atomic E-state index is 12.6. The predicted octanol–water partition coefficient (Wildman–Crippen LogP) is 3.25. The Kier molecular flexibility index (Phi) is 5.03. The molecule has 0 saturated carbocycles. The lowest BCUT2D eigenvalue weighted by molar-refractivity contribution is -0.384. The number of nitro benzene ring substituents is 1. The van der Waals surface area contributed by atoms with Crippen molar-refractivity contribution in [2.45, 2.75) is 19.5 Å². The van der Waals surface area contributed by atoms with Crippen LogP contribution < -0.4 is 5.32 Å². The summed E-state index contributed by atoms with van der Waals surface area (Å²) in [4.78, 5) is 25.4. The van der Waals surface area contributed by atoms with Crippen molar-refractivity contribution < 1.29 is 9.72 Å². The smallest absolute Gasteiger partial charge is 0.271 e. The van der Waals surface area contributed by atoms with Crippen LogP contribution in [0.4, 0.5) is 11.4 Å². The number of nitrogens with zero attached hydrogens (tertiary/aromatic N) is 4. The first kappa shape index (κ1) is 18.1. The minimum absolute atomic E-state index is 0.0249. The van der Waals surface area contributed by atoms with Crippen LogP contribution in [-0.2, 0) is 11.5 Å². The zero-order valence-corrected chi connectivity index (χ0v) is 15.3. The Morgan fingerprint density at radius 2 is 2.07 bits per heavy atom. The Hall–Kier alpha value is -3.26. The summed E-state index contributed by atoms with van der Waals surface area (Å²) in [5, 5.41) is 19.3. The van der Waals surface area contributed by atoms with Gasteiger partial charge in [0, 0.05) is 29.8 Å². The van der Waals surface area contributed by atoms with Crippen LogP contribution in [0.2, 0.25) is 0 Å². The maximum Gasteiger partial charge on any atom is 0.271 e. The van der Waals surface area contributed by atoms with E-state index in [9.17, 15) is 14.9 Å². The van der Waals surface area contributed by atoms with Gasteiger partial charge < -0.3 is 5.32 Å². The van der Waals surface area contributed by atoms with Crippen LogP contribution in [0, 0.1) is 16.0 Å². The van der Waals surface area contributed by atoms with Gasteiger partial charge in [-0.1, -0.05) is 18.2 Å². The summed E-state index contributed by atoms with van der Waals surface area (Å²) in [6.45, 7) is 2.00. The molecule has 0 aliphatic carbocycles. The monoisotopic (exact) mass is 379 g/mol. The molecule has 0 bridgehead atoms. The molecule has 1 aliphatic heterocycles. The Morgan fingerprint density at radius 1 is 1.25 bits per heavy atom. The Labute approximate surface area is 161 Å². The maximum atomic E-state index is 12.6. The number of hydrogen-bond donors (Lipinski definition) is 1. The number of likely N-dealkylation sites (tertiary alicyclic amines) is 1. The largest absolute Gasteiger partial charge is 0.326 e. The number of nitro groups is 1. The third kappa shape index (κ3) is 3.86. The number of carbonyl (C=O) groups is 1. The lowest BCUT2D eigenvalue weighted by Gasteiger charge is -2.31. The Morgan fingerprint density at radius 3 is 2.86 bits per heavy atom. The molecule has 2 heterocycles. The number of nitrogens with one attached hydrogen (secondary N) is 1. The molecule has 8 heteroatoms. The average Bonchev–Trinajstić information content (AvgIpc) is 3.11. The van der Waals surface area contributed by atoms with Gasteiger partial charge in [-0.2, -0.15) is 5.10 Å². The van der Waals surface area contributed by atoms with Crippen molar-refractivity contribution in [2.75, 3.05) is 18.4 Å². The second-order valence-corrected chi connectivity index (χ2v) is 7.06. The molecular weight excluding hydrogens is 358 g/mol. The van der Waals surface area contributed by atoms with E-state index in [4.69, 9.17) is 0 Å². The summed E-state index contributed by atoms with van der Waals surface area (Å²) in [6, 6.07) is 14.2. The van der Waals surface area contributed by atoms with Gasteiger partial charge in [0.2, 0.25) is 5.91 Å². The highest BCUT2D eigenvalue weighted by atomic mass is 16.6. The van der Waals surface area contributed by atoms with Crippen molar-refractivity contribution in [3.63, 3.8) is 0 Å². The predicted molar refractivity (Wildman–Crippen MR) is 106 cm³/mol. The Balaban J connectivity index is 1.45. The van der Waals surface area contributed by atoms with Gasteiger partial charge in [-0.25, -0.2) is 0 Å². The van der Waals surface area contributed by atoms with E-state index in [1.807, 2.05) is 30.3 Å². The number of amides is 1. The molecule has 144 valence electrons. The third-order valence-electron chi connectivity index (χ3n) is 5.09. The zero-order valence-electron chi connectivity index (χ0n) is 15.3. The van der Waals surface area contributed by atoms with E-state index in [0.29, 0.717) is 13.2 Å². The number of rotatable bonds is 5. The first-order valence-corrected chi connectivity index (χ1v) is 9.28. The molecule has 0 radical (unpaired) electrons. The number of benzene rings is 2. The number of para-hydroxylation sites is 1. The highest BCUT2D eigenvalue weighted by molar-refractivity contribution is 5.92. The molecule has 8 nitrogen and oxygen atoms in total. The van der Waals surface area contributed by atoms with E-state index in [2.05, 4.69) is 15.3 Å². The van der Waals surface area contributed by atoms with Gasteiger partial charge in [0.15, 0.2) is 0 Å². The SMILES string of the molecule is O=C(Nc1ccccc1)[C@@H]1CCCN(Cn2ncc3ccc([N+](=O)[O-])cc32)C1. The standard InChI is InChI=1S/C20H21N5O3/c26-20(22-17-6-2-1-3-7-17)16-5-4-10-23(13-16)14-24-19-11-18(25(27)28)9-8-15(19)12-21-24/h1-3,6-9,11-12,16H,4-5,10,13-14H2,(H,22,26)/t16-/m1/s1. The molecule has 2 aromatic carbocycles. The number of non-ortho nitro benzene ring substituents is 1. The second-order valence-electron chi connectivity index (χ2n) is 7.06. The molecular formula is C20H21N5O3. The van der Waals surface area contributed by atoms with Crippen molar-refractivity contribution in [2.24, 2.45) is 5.92 Å². The number of piperidine rings is 1. The van der Waals surface area contributed by atoms with Crippen LogP contribution in [0.1, 0.15) is 12.8 Å². The Bertz CT molecular complexity index is 1000. The van der Waals surface area contributed by atoms with Crippen molar-refractivity contribution in [3.05, 3.63) is 64.8 Å². The van der Waals surface area contributed by atoms with Crippen LogP contribution in [0.15, 0.2) is 54.7 Å². The molecule has 0 spiro atoms. The van der Waals surface area contributed by atoms with Crippen molar-refractivity contribution in [1.82, 2.24) is 14.7 Å². The van der Waals surface area contributed by atoms with E-state index in [1.54, 1.807) is 23.0 Å². The van der Waals surface area contributed by atoms with Crippen LogP contribution in [0.5, 0.6) is 0 Å². The van der Waals surface area contributed by atoms with Crippen LogP contribution in [0.3, 0.4) is 0 Å². The van der Waals surface area contributed by atoms with Gasteiger partial charge >= 0.3 is 0 Å². The molecule has 4 rings (SSSR count). The fourth-order valence-corrected chi connectivity index (χ4v) is 3.64. The van der Waals surface area contributed by atoms with Gasteiger partial charge in [0.05, 0.1) is 29.2 Å². The summed E-state index contributed by atoms with van der Waals surface area (Å²) < 4.78 is 1.76. The summed E-state index contributed by atoms with van der Waals surface area (Å²) in [5.41, 5.74) is 1.58. The van der Waals surface area contributed by atoms with Gasteiger partial charge in [0.25, 0.3) is 5.69 Å². The molecule has 1 amide bonds. The number of hydrogen-bond acceptors (Lipinski definition) is 5. The second kappa shape index (κ2) is 7.77. The number of fused-ring (bicyclic) bond motifs is 1. The highest BCUT2D eigenvalue weighted by Crippen LogP contribution is 2.23. The number of anilines is 1.